The zero-order valence-electron chi connectivity index (χ0n) is 15.3. The molecule has 0 aliphatic heterocycles. The quantitative estimate of drug-likeness (QED) is 0.610. The van der Waals surface area contributed by atoms with Crippen molar-refractivity contribution in [1.82, 2.24) is 20.6 Å². The van der Waals surface area contributed by atoms with Gasteiger partial charge in [-0.05, 0) is 35.6 Å². The molecule has 0 unspecified atom stereocenters. The molecule has 0 aliphatic rings. The van der Waals surface area contributed by atoms with E-state index in [0.717, 1.165) is 17.7 Å². The summed E-state index contributed by atoms with van der Waals surface area (Å²) in [6.45, 7) is 0.823. The van der Waals surface area contributed by atoms with Gasteiger partial charge < -0.3 is 15.4 Å². The first-order chi connectivity index (χ1) is 13.7. The molecule has 7 nitrogen and oxygen atoms in total. The maximum Gasteiger partial charge on any atom is 0.270 e. The van der Waals surface area contributed by atoms with Crippen molar-refractivity contribution in [2.75, 3.05) is 13.7 Å². The highest BCUT2D eigenvalue weighted by atomic mass is 32.1. The zero-order chi connectivity index (χ0) is 19.8. The van der Waals surface area contributed by atoms with Crippen LogP contribution in [0.1, 0.15) is 31.4 Å². The molecule has 0 atom stereocenters. The number of carbonyl (C=O) groups is 2. The average molecular weight is 396 g/mol. The van der Waals surface area contributed by atoms with Gasteiger partial charge in [0.2, 0.25) is 0 Å². The molecule has 0 radical (unpaired) electrons. The van der Waals surface area contributed by atoms with Gasteiger partial charge in [0.05, 0.1) is 7.11 Å². The van der Waals surface area contributed by atoms with Gasteiger partial charge in [-0.25, -0.2) is 9.97 Å². The normalized spacial score (nSPS) is 10.3. The number of nitrogens with zero attached hydrogens (tertiary/aromatic N) is 2. The summed E-state index contributed by atoms with van der Waals surface area (Å²) >= 11 is 1.64. The van der Waals surface area contributed by atoms with E-state index in [-0.39, 0.29) is 23.2 Å². The number of aromatic nitrogens is 2. The lowest BCUT2D eigenvalue weighted by atomic mass is 10.2. The summed E-state index contributed by atoms with van der Waals surface area (Å²) in [5, 5.41) is 7.58. The van der Waals surface area contributed by atoms with E-state index < -0.39 is 0 Å². The molecule has 2 N–H and O–H groups in total. The Morgan fingerprint density at radius 2 is 1.82 bits per heavy atom. The first-order valence-electron chi connectivity index (χ1n) is 8.69. The van der Waals surface area contributed by atoms with Crippen LogP contribution >= 0.6 is 11.3 Å². The van der Waals surface area contributed by atoms with Gasteiger partial charge >= 0.3 is 0 Å². The molecule has 0 bridgehead atoms. The fourth-order valence-electron chi connectivity index (χ4n) is 2.51. The van der Waals surface area contributed by atoms with Crippen LogP contribution < -0.4 is 15.4 Å². The third-order valence-electron chi connectivity index (χ3n) is 3.96. The van der Waals surface area contributed by atoms with Gasteiger partial charge in [-0.3, -0.25) is 9.59 Å². The Hall–Kier alpha value is -3.26. The van der Waals surface area contributed by atoms with Crippen LogP contribution in [0.15, 0.2) is 54.2 Å². The van der Waals surface area contributed by atoms with Crippen molar-refractivity contribution in [3.05, 3.63) is 76.0 Å². The number of hydrogen-bond donors (Lipinski definition) is 2. The van der Waals surface area contributed by atoms with Crippen molar-refractivity contribution in [2.45, 2.75) is 13.0 Å². The summed E-state index contributed by atoms with van der Waals surface area (Å²) in [7, 11) is 1.59. The number of thiophene rings is 1. The second-order valence-electron chi connectivity index (χ2n) is 5.91. The van der Waals surface area contributed by atoms with Crippen LogP contribution in [0.25, 0.3) is 0 Å². The van der Waals surface area contributed by atoms with Crippen molar-refractivity contribution in [3.63, 3.8) is 0 Å². The van der Waals surface area contributed by atoms with E-state index in [2.05, 4.69) is 20.6 Å². The Balaban J connectivity index is 1.55. The highest BCUT2D eigenvalue weighted by Gasteiger charge is 2.13. The smallest absolute Gasteiger partial charge is 0.270 e. The predicted octanol–water partition coefficient (Wildman–Crippen LogP) is 2.45. The van der Waals surface area contributed by atoms with E-state index in [0.29, 0.717) is 13.1 Å². The third-order valence-corrected chi connectivity index (χ3v) is 4.89. The van der Waals surface area contributed by atoms with Crippen LogP contribution in [0.4, 0.5) is 0 Å². The van der Waals surface area contributed by atoms with Crippen molar-refractivity contribution in [3.8, 4) is 5.75 Å². The standard InChI is InChI=1S/C20H20N4O3S/c1-27-15-5-2-4-14(10-15)12-22-20(26)18-11-17(23-13-24-18)19(25)21-8-7-16-6-3-9-28-16/h2-6,9-11,13H,7-8,12H2,1H3,(H,21,25)(H,22,26). The van der Waals surface area contributed by atoms with E-state index >= 15 is 0 Å². The first-order valence-corrected chi connectivity index (χ1v) is 9.57. The zero-order valence-corrected chi connectivity index (χ0v) is 16.2. The molecule has 0 saturated carbocycles. The maximum absolute atomic E-state index is 12.4. The lowest BCUT2D eigenvalue weighted by molar-refractivity contribution is 0.0945. The SMILES string of the molecule is COc1cccc(CNC(=O)c2cc(C(=O)NCCc3cccs3)ncn2)c1. The number of ether oxygens (including phenoxy) is 1. The number of nitrogens with one attached hydrogen (secondary N) is 2. The van der Waals surface area contributed by atoms with Crippen molar-refractivity contribution < 1.29 is 14.3 Å². The van der Waals surface area contributed by atoms with E-state index in [9.17, 15) is 9.59 Å². The Morgan fingerprint density at radius 3 is 2.54 bits per heavy atom. The Kier molecular flexibility index (Phi) is 6.69. The molecule has 2 aromatic heterocycles. The van der Waals surface area contributed by atoms with E-state index in [4.69, 9.17) is 4.74 Å². The molecule has 0 saturated heterocycles. The molecular weight excluding hydrogens is 376 g/mol. The predicted molar refractivity (Wildman–Crippen MR) is 107 cm³/mol. The van der Waals surface area contributed by atoms with Crippen LogP contribution in [0.2, 0.25) is 0 Å². The number of benzene rings is 1. The molecule has 0 fully saturated rings. The van der Waals surface area contributed by atoms with E-state index in [1.54, 1.807) is 18.4 Å². The second-order valence-corrected chi connectivity index (χ2v) is 6.94. The van der Waals surface area contributed by atoms with Gasteiger partial charge in [0, 0.05) is 24.0 Å². The van der Waals surface area contributed by atoms with Gasteiger partial charge in [-0.2, -0.15) is 0 Å². The largest absolute Gasteiger partial charge is 0.497 e. The molecule has 3 aromatic rings. The van der Waals surface area contributed by atoms with Crippen molar-refractivity contribution in [2.24, 2.45) is 0 Å². The van der Waals surface area contributed by atoms with Gasteiger partial charge in [-0.15, -0.1) is 11.3 Å². The minimum Gasteiger partial charge on any atom is -0.497 e. The summed E-state index contributed by atoms with van der Waals surface area (Å²) < 4.78 is 5.17. The van der Waals surface area contributed by atoms with Gasteiger partial charge in [-0.1, -0.05) is 18.2 Å². The molecule has 144 valence electrons. The highest BCUT2D eigenvalue weighted by Crippen LogP contribution is 2.12. The average Bonchev–Trinajstić information content (AvgIpc) is 3.25. The summed E-state index contributed by atoms with van der Waals surface area (Å²) in [6, 6.07) is 12.8. The number of methoxy groups -OCH3 is 1. The number of rotatable bonds is 8. The molecule has 0 aliphatic carbocycles. The second kappa shape index (κ2) is 9.61. The van der Waals surface area contributed by atoms with Crippen molar-refractivity contribution in [1.29, 1.82) is 0 Å². The minimum atomic E-state index is -0.377. The van der Waals surface area contributed by atoms with Gasteiger partial charge in [0.15, 0.2) is 0 Å². The fourth-order valence-corrected chi connectivity index (χ4v) is 3.21. The summed E-state index contributed by atoms with van der Waals surface area (Å²) in [5.41, 5.74) is 1.20. The van der Waals surface area contributed by atoms with Crippen LogP contribution in [0.3, 0.4) is 0 Å². The number of carbonyl (C=O) groups excluding carboxylic acids is 2. The summed E-state index contributed by atoms with van der Waals surface area (Å²) in [4.78, 5) is 33.7. The van der Waals surface area contributed by atoms with Crippen LogP contribution in [0, 0.1) is 0 Å². The van der Waals surface area contributed by atoms with Crippen LogP contribution in [-0.2, 0) is 13.0 Å². The van der Waals surface area contributed by atoms with Gasteiger partial charge in [0.25, 0.3) is 11.8 Å². The minimum absolute atomic E-state index is 0.140. The molecule has 3 rings (SSSR count). The van der Waals surface area contributed by atoms with E-state index in [1.807, 2.05) is 41.8 Å². The summed E-state index contributed by atoms with van der Waals surface area (Å²) in [5.74, 6) is 0.00829. The monoisotopic (exact) mass is 396 g/mol. The fraction of sp³-hybridized carbons (Fsp3) is 0.200. The lowest BCUT2D eigenvalue weighted by Crippen LogP contribution is -2.28. The Labute approximate surface area is 166 Å². The number of amides is 2. The van der Waals surface area contributed by atoms with E-state index in [1.165, 1.54) is 17.3 Å². The molecular formula is C20H20N4O3S. The molecule has 0 spiro atoms. The topological polar surface area (TPSA) is 93.2 Å². The highest BCUT2D eigenvalue weighted by molar-refractivity contribution is 7.09. The molecule has 1 aromatic carbocycles. The molecule has 8 heteroatoms. The van der Waals surface area contributed by atoms with Gasteiger partial charge in [0.1, 0.15) is 23.5 Å². The molecule has 28 heavy (non-hydrogen) atoms. The molecule has 2 heterocycles. The molecule has 2 amide bonds. The third kappa shape index (κ3) is 5.37. The summed E-state index contributed by atoms with van der Waals surface area (Å²) in [6.07, 6.45) is 1.97. The number of hydrogen-bond acceptors (Lipinski definition) is 6. The van der Waals surface area contributed by atoms with Crippen LogP contribution in [-0.4, -0.2) is 35.4 Å². The Bertz CT molecular complexity index is 944. The maximum atomic E-state index is 12.4. The lowest BCUT2D eigenvalue weighted by Gasteiger charge is -2.08. The van der Waals surface area contributed by atoms with Crippen LogP contribution in [0.5, 0.6) is 5.75 Å². The Morgan fingerprint density at radius 1 is 1.04 bits per heavy atom. The first kappa shape index (κ1) is 19.5. The van der Waals surface area contributed by atoms with Crippen molar-refractivity contribution >= 4 is 23.2 Å².